The van der Waals surface area contributed by atoms with Crippen LogP contribution < -0.4 is 15.0 Å². The van der Waals surface area contributed by atoms with E-state index in [4.69, 9.17) is 16.3 Å². The first-order chi connectivity index (χ1) is 15.4. The smallest absolute Gasteiger partial charge is 0.273 e. The molecule has 3 rings (SSSR count). The van der Waals surface area contributed by atoms with E-state index in [1.807, 2.05) is 36.1 Å². The summed E-state index contributed by atoms with van der Waals surface area (Å²) in [4.78, 5) is 26.1. The van der Waals surface area contributed by atoms with E-state index in [0.717, 1.165) is 31.2 Å². The first-order valence-corrected chi connectivity index (χ1v) is 11.4. The van der Waals surface area contributed by atoms with Crippen LogP contribution in [-0.4, -0.2) is 30.0 Å². The van der Waals surface area contributed by atoms with Crippen LogP contribution in [-0.2, 0) is 11.3 Å². The van der Waals surface area contributed by atoms with Crippen molar-refractivity contribution in [1.82, 2.24) is 5.32 Å². The van der Waals surface area contributed by atoms with Crippen molar-refractivity contribution < 1.29 is 14.5 Å². The number of hydrogen-bond donors (Lipinski definition) is 1. The van der Waals surface area contributed by atoms with Crippen LogP contribution in [0.15, 0.2) is 42.5 Å². The molecule has 0 heterocycles. The molecular weight excluding hydrogens is 430 g/mol. The first-order valence-electron chi connectivity index (χ1n) is 11.1. The van der Waals surface area contributed by atoms with E-state index in [-0.39, 0.29) is 17.6 Å². The van der Waals surface area contributed by atoms with Crippen LogP contribution in [0.5, 0.6) is 5.75 Å². The molecule has 1 unspecified atom stereocenters. The Hall–Kier alpha value is -2.80. The van der Waals surface area contributed by atoms with Crippen LogP contribution in [0.2, 0.25) is 5.02 Å². The summed E-state index contributed by atoms with van der Waals surface area (Å²) >= 11 is 6.05. The molecule has 1 atom stereocenters. The van der Waals surface area contributed by atoms with E-state index in [9.17, 15) is 14.9 Å². The Balaban J connectivity index is 1.95. The van der Waals surface area contributed by atoms with Gasteiger partial charge in [0.15, 0.2) is 0 Å². The molecule has 1 aliphatic rings. The summed E-state index contributed by atoms with van der Waals surface area (Å²) in [5.41, 5.74) is 1.55. The fraction of sp³-hybridized carbons (Fsp3) is 0.458. The number of hydrogen-bond acceptors (Lipinski definition) is 5. The van der Waals surface area contributed by atoms with Gasteiger partial charge in [-0.25, -0.2) is 0 Å². The number of amides is 1. The summed E-state index contributed by atoms with van der Waals surface area (Å²) in [5.74, 6) is 0.325. The van der Waals surface area contributed by atoms with Gasteiger partial charge in [0.1, 0.15) is 11.8 Å². The zero-order valence-corrected chi connectivity index (χ0v) is 19.3. The molecule has 8 heteroatoms. The van der Waals surface area contributed by atoms with Crippen LogP contribution in [0.3, 0.4) is 0 Å². The maximum absolute atomic E-state index is 13.4. The van der Waals surface area contributed by atoms with E-state index < -0.39 is 11.0 Å². The zero-order valence-electron chi connectivity index (χ0n) is 18.6. The average molecular weight is 460 g/mol. The number of nitro benzene ring substituents is 1. The Morgan fingerprint density at radius 2 is 1.91 bits per heavy atom. The second-order valence-corrected chi connectivity index (χ2v) is 8.57. The van der Waals surface area contributed by atoms with Crippen molar-refractivity contribution in [2.24, 2.45) is 0 Å². The summed E-state index contributed by atoms with van der Waals surface area (Å²) in [5, 5.41) is 15.1. The molecule has 1 fully saturated rings. The Morgan fingerprint density at radius 3 is 2.50 bits per heavy atom. The molecule has 1 amide bonds. The molecule has 0 saturated heterocycles. The minimum atomic E-state index is -0.456. The van der Waals surface area contributed by atoms with Gasteiger partial charge < -0.3 is 15.0 Å². The molecule has 0 bridgehead atoms. The lowest BCUT2D eigenvalue weighted by molar-refractivity contribution is -0.384. The number of non-ortho nitro benzene ring substituents is 1. The molecule has 2 aromatic carbocycles. The number of carbonyl (C=O) groups excluding carboxylic acids is 1. The molecule has 0 aliphatic heterocycles. The molecule has 7 nitrogen and oxygen atoms in total. The molecule has 0 radical (unpaired) electrons. The summed E-state index contributed by atoms with van der Waals surface area (Å²) in [7, 11) is 1.48. The lowest BCUT2D eigenvalue weighted by atomic mass is 9.95. The van der Waals surface area contributed by atoms with Gasteiger partial charge in [-0.05, 0) is 43.0 Å². The first kappa shape index (κ1) is 23.9. The van der Waals surface area contributed by atoms with E-state index in [1.54, 1.807) is 6.07 Å². The minimum absolute atomic E-state index is 0.0335. The number of halogens is 1. The van der Waals surface area contributed by atoms with Crippen molar-refractivity contribution in [2.75, 3.05) is 12.0 Å². The van der Waals surface area contributed by atoms with Crippen molar-refractivity contribution in [3.8, 4) is 5.75 Å². The highest BCUT2D eigenvalue weighted by molar-refractivity contribution is 6.30. The Morgan fingerprint density at radius 1 is 1.22 bits per heavy atom. The van der Waals surface area contributed by atoms with Crippen LogP contribution in [0.1, 0.15) is 51.0 Å². The molecule has 1 N–H and O–H groups in total. The molecule has 0 aromatic heterocycles. The predicted octanol–water partition coefficient (Wildman–Crippen LogP) is 5.49. The van der Waals surface area contributed by atoms with E-state index in [0.29, 0.717) is 29.4 Å². The van der Waals surface area contributed by atoms with Crippen molar-refractivity contribution in [1.29, 1.82) is 0 Å². The van der Waals surface area contributed by atoms with Gasteiger partial charge in [0, 0.05) is 23.7 Å². The van der Waals surface area contributed by atoms with Crippen LogP contribution >= 0.6 is 11.6 Å². The lowest BCUT2D eigenvalue weighted by Gasteiger charge is -2.35. The van der Waals surface area contributed by atoms with E-state index >= 15 is 0 Å². The number of nitrogens with one attached hydrogen (secondary N) is 1. The summed E-state index contributed by atoms with van der Waals surface area (Å²) in [6.07, 6.45) is 6.05. The molecule has 0 spiro atoms. The SMILES string of the molecule is CCC(C(=O)NC1CCCCC1)N(Cc1ccc(Cl)cc1)c1ccc([N+](=O)[O-])cc1OC. The van der Waals surface area contributed by atoms with Crippen LogP contribution in [0, 0.1) is 10.1 Å². The summed E-state index contributed by atoms with van der Waals surface area (Å²) in [6.45, 7) is 2.40. The van der Waals surface area contributed by atoms with Gasteiger partial charge in [-0.2, -0.15) is 0 Å². The third-order valence-electron chi connectivity index (χ3n) is 5.97. The molecule has 1 aliphatic carbocycles. The molecule has 1 saturated carbocycles. The normalized spacial score (nSPS) is 15.1. The monoisotopic (exact) mass is 459 g/mol. The van der Waals surface area contributed by atoms with Gasteiger partial charge in [0.25, 0.3) is 5.69 Å². The number of benzene rings is 2. The Bertz CT molecular complexity index is 929. The number of nitro groups is 1. The summed E-state index contributed by atoms with van der Waals surface area (Å²) in [6, 6.07) is 11.7. The van der Waals surface area contributed by atoms with Crippen LogP contribution in [0.25, 0.3) is 0 Å². The third-order valence-corrected chi connectivity index (χ3v) is 6.22. The number of nitrogens with zero attached hydrogens (tertiary/aromatic N) is 2. The van der Waals surface area contributed by atoms with Gasteiger partial charge >= 0.3 is 0 Å². The second kappa shape index (κ2) is 11.2. The van der Waals surface area contributed by atoms with E-state index in [1.165, 1.54) is 25.7 Å². The van der Waals surface area contributed by atoms with Crippen molar-refractivity contribution in [2.45, 2.75) is 64.1 Å². The number of carbonyl (C=O) groups is 1. The van der Waals surface area contributed by atoms with Crippen molar-refractivity contribution in [3.05, 3.63) is 63.2 Å². The highest BCUT2D eigenvalue weighted by atomic mass is 35.5. The Labute approximate surface area is 193 Å². The van der Waals surface area contributed by atoms with Gasteiger partial charge in [0.2, 0.25) is 5.91 Å². The van der Waals surface area contributed by atoms with Crippen molar-refractivity contribution in [3.63, 3.8) is 0 Å². The molecule has 32 heavy (non-hydrogen) atoms. The molecule has 172 valence electrons. The number of anilines is 1. The van der Waals surface area contributed by atoms with E-state index in [2.05, 4.69) is 5.32 Å². The molecule has 2 aromatic rings. The largest absolute Gasteiger partial charge is 0.494 e. The molecular formula is C24H30ClN3O4. The van der Waals surface area contributed by atoms with Gasteiger partial charge in [-0.1, -0.05) is 49.9 Å². The number of ether oxygens (including phenoxy) is 1. The van der Waals surface area contributed by atoms with Gasteiger partial charge in [-0.3, -0.25) is 14.9 Å². The maximum Gasteiger partial charge on any atom is 0.273 e. The Kier molecular flexibility index (Phi) is 8.33. The second-order valence-electron chi connectivity index (χ2n) is 8.14. The highest BCUT2D eigenvalue weighted by Crippen LogP contribution is 2.35. The quantitative estimate of drug-likeness (QED) is 0.396. The predicted molar refractivity (Wildman–Crippen MR) is 126 cm³/mol. The topological polar surface area (TPSA) is 84.7 Å². The minimum Gasteiger partial charge on any atom is -0.494 e. The summed E-state index contributed by atoms with van der Waals surface area (Å²) < 4.78 is 5.50. The van der Waals surface area contributed by atoms with Gasteiger partial charge in [0.05, 0.1) is 23.8 Å². The zero-order chi connectivity index (χ0) is 23.1. The van der Waals surface area contributed by atoms with Crippen LogP contribution in [0.4, 0.5) is 11.4 Å². The lowest BCUT2D eigenvalue weighted by Crippen LogP contribution is -2.50. The number of rotatable bonds is 9. The highest BCUT2D eigenvalue weighted by Gasteiger charge is 2.29. The fourth-order valence-electron chi connectivity index (χ4n) is 4.26. The number of methoxy groups -OCH3 is 1. The third kappa shape index (κ3) is 5.91. The maximum atomic E-state index is 13.4. The average Bonchev–Trinajstić information content (AvgIpc) is 2.80. The fourth-order valence-corrected chi connectivity index (χ4v) is 4.38. The van der Waals surface area contributed by atoms with Gasteiger partial charge in [-0.15, -0.1) is 0 Å². The standard InChI is InChI=1S/C24H30ClN3O4/c1-3-21(24(29)26-19-7-5-4-6-8-19)27(16-17-9-11-18(25)12-10-17)22-14-13-20(28(30)31)15-23(22)32-2/h9-15,19,21H,3-8,16H2,1-2H3,(H,26,29). The van der Waals surface area contributed by atoms with Crippen molar-refractivity contribution >= 4 is 28.9 Å².